The molecular weight excluding hydrogens is 238 g/mol. The fourth-order valence-electron chi connectivity index (χ4n) is 2.80. The van der Waals surface area contributed by atoms with E-state index in [-0.39, 0.29) is 5.91 Å². The number of ether oxygens (including phenoxy) is 1. The number of nitrogens with one attached hydrogen (secondary N) is 1. The highest BCUT2D eigenvalue weighted by atomic mass is 16.5. The van der Waals surface area contributed by atoms with Gasteiger partial charge in [0.1, 0.15) is 5.75 Å². The van der Waals surface area contributed by atoms with Gasteiger partial charge in [-0.05, 0) is 43.4 Å². The van der Waals surface area contributed by atoms with Gasteiger partial charge in [-0.15, -0.1) is 0 Å². The van der Waals surface area contributed by atoms with Gasteiger partial charge >= 0.3 is 0 Å². The van der Waals surface area contributed by atoms with Crippen molar-refractivity contribution in [2.75, 3.05) is 7.11 Å². The summed E-state index contributed by atoms with van der Waals surface area (Å²) in [5.74, 6) is 1.49. The second kappa shape index (κ2) is 6.09. The van der Waals surface area contributed by atoms with Crippen LogP contribution < -0.4 is 10.1 Å². The smallest absolute Gasteiger partial charge is 0.251 e. The molecule has 2 rings (SSSR count). The molecule has 0 aliphatic heterocycles. The summed E-state index contributed by atoms with van der Waals surface area (Å²) in [5, 5.41) is 3.14. The van der Waals surface area contributed by atoms with Crippen LogP contribution in [0.3, 0.4) is 0 Å². The number of benzene rings is 1. The molecule has 0 heterocycles. The van der Waals surface area contributed by atoms with E-state index in [1.54, 1.807) is 7.11 Å². The van der Waals surface area contributed by atoms with E-state index in [0.717, 1.165) is 24.2 Å². The van der Waals surface area contributed by atoms with Crippen molar-refractivity contribution < 1.29 is 9.53 Å². The lowest BCUT2D eigenvalue weighted by Crippen LogP contribution is -2.37. The third-order valence-electron chi connectivity index (χ3n) is 3.94. The monoisotopic (exact) mass is 261 g/mol. The lowest BCUT2D eigenvalue weighted by molar-refractivity contribution is 0.0921. The second-order valence-electron chi connectivity index (χ2n) is 5.63. The van der Waals surface area contributed by atoms with Crippen molar-refractivity contribution in [3.8, 4) is 5.75 Å². The number of methoxy groups -OCH3 is 1. The lowest BCUT2D eigenvalue weighted by atomic mass is 9.87. The summed E-state index contributed by atoms with van der Waals surface area (Å²) in [6.07, 6.45) is 4.68. The number of carbonyl (C=O) groups excluding carboxylic acids is 1. The topological polar surface area (TPSA) is 38.3 Å². The first-order valence-corrected chi connectivity index (χ1v) is 7.05. The van der Waals surface area contributed by atoms with Gasteiger partial charge < -0.3 is 10.1 Å². The summed E-state index contributed by atoms with van der Waals surface area (Å²) in [6, 6.07) is 5.93. The fourth-order valence-corrected chi connectivity index (χ4v) is 2.80. The first-order valence-electron chi connectivity index (χ1n) is 7.05. The van der Waals surface area contributed by atoms with Crippen LogP contribution in [0.15, 0.2) is 18.2 Å². The molecule has 0 aromatic heterocycles. The zero-order valence-electron chi connectivity index (χ0n) is 12.0. The Kier molecular flexibility index (Phi) is 4.46. The number of aryl methyl sites for hydroxylation is 1. The van der Waals surface area contributed by atoms with E-state index >= 15 is 0 Å². The lowest BCUT2D eigenvalue weighted by Gasteiger charge is -2.27. The Balaban J connectivity index is 2.03. The van der Waals surface area contributed by atoms with Gasteiger partial charge in [-0.3, -0.25) is 4.79 Å². The minimum absolute atomic E-state index is 0.0115. The average Bonchev–Trinajstić information content (AvgIpc) is 2.39. The highest BCUT2D eigenvalue weighted by Gasteiger charge is 2.21. The van der Waals surface area contributed by atoms with E-state index in [1.165, 1.54) is 12.8 Å². The van der Waals surface area contributed by atoms with Crippen LogP contribution in [-0.2, 0) is 0 Å². The van der Waals surface area contributed by atoms with Gasteiger partial charge in [-0.25, -0.2) is 0 Å². The van der Waals surface area contributed by atoms with Gasteiger partial charge in [-0.1, -0.05) is 25.8 Å². The number of carbonyl (C=O) groups is 1. The van der Waals surface area contributed by atoms with Crippen molar-refractivity contribution in [2.24, 2.45) is 5.92 Å². The van der Waals surface area contributed by atoms with Crippen molar-refractivity contribution in [2.45, 2.75) is 45.6 Å². The van der Waals surface area contributed by atoms with Crippen molar-refractivity contribution in [3.05, 3.63) is 29.3 Å². The van der Waals surface area contributed by atoms with E-state index < -0.39 is 0 Å². The molecule has 0 spiro atoms. The number of rotatable bonds is 3. The van der Waals surface area contributed by atoms with Gasteiger partial charge in [0.2, 0.25) is 0 Å². The molecule has 3 heteroatoms. The molecule has 0 bridgehead atoms. The standard InChI is InChI=1S/C16H23NO2/c1-11-5-4-6-14(9-11)17-16(18)13-8-7-12(2)15(10-13)19-3/h7-8,10-11,14H,4-6,9H2,1-3H3,(H,17,18). The molecule has 2 atom stereocenters. The summed E-state index contributed by atoms with van der Waals surface area (Å²) >= 11 is 0. The molecule has 0 saturated heterocycles. The quantitative estimate of drug-likeness (QED) is 0.906. The zero-order valence-corrected chi connectivity index (χ0v) is 12.0. The molecule has 1 fully saturated rings. The van der Waals surface area contributed by atoms with Crippen LogP contribution in [0, 0.1) is 12.8 Å². The Morgan fingerprint density at radius 2 is 2.16 bits per heavy atom. The molecule has 1 aliphatic carbocycles. The highest BCUT2D eigenvalue weighted by molar-refractivity contribution is 5.94. The van der Waals surface area contributed by atoms with E-state index in [2.05, 4.69) is 12.2 Å². The fraction of sp³-hybridized carbons (Fsp3) is 0.562. The molecule has 19 heavy (non-hydrogen) atoms. The molecule has 2 unspecified atom stereocenters. The van der Waals surface area contributed by atoms with Gasteiger partial charge in [-0.2, -0.15) is 0 Å². The first-order chi connectivity index (χ1) is 9.10. The molecule has 0 radical (unpaired) electrons. The summed E-state index contributed by atoms with van der Waals surface area (Å²) in [4.78, 5) is 12.2. The summed E-state index contributed by atoms with van der Waals surface area (Å²) in [6.45, 7) is 4.23. The van der Waals surface area contributed by atoms with E-state index in [0.29, 0.717) is 17.5 Å². The van der Waals surface area contributed by atoms with Crippen LogP contribution in [0.1, 0.15) is 48.5 Å². The predicted octanol–water partition coefficient (Wildman–Crippen LogP) is 3.31. The molecule has 1 aliphatic rings. The van der Waals surface area contributed by atoms with Gasteiger partial charge in [0.05, 0.1) is 7.11 Å². The molecule has 1 saturated carbocycles. The Morgan fingerprint density at radius 1 is 1.37 bits per heavy atom. The SMILES string of the molecule is COc1cc(C(=O)NC2CCCC(C)C2)ccc1C. The molecule has 1 amide bonds. The maximum atomic E-state index is 12.2. The Labute approximate surface area is 115 Å². The Bertz CT molecular complexity index is 456. The van der Waals surface area contributed by atoms with Crippen molar-refractivity contribution >= 4 is 5.91 Å². The summed E-state index contributed by atoms with van der Waals surface area (Å²) in [5.41, 5.74) is 1.73. The predicted molar refractivity (Wildman–Crippen MR) is 76.6 cm³/mol. The van der Waals surface area contributed by atoms with Crippen LogP contribution in [-0.4, -0.2) is 19.1 Å². The van der Waals surface area contributed by atoms with Crippen LogP contribution >= 0.6 is 0 Å². The first kappa shape index (κ1) is 13.9. The molecule has 1 aromatic carbocycles. The molecular formula is C16H23NO2. The van der Waals surface area contributed by atoms with E-state index in [4.69, 9.17) is 4.74 Å². The minimum Gasteiger partial charge on any atom is -0.496 e. The molecule has 1 N–H and O–H groups in total. The Hall–Kier alpha value is -1.51. The number of hydrogen-bond acceptors (Lipinski definition) is 2. The van der Waals surface area contributed by atoms with Crippen LogP contribution in [0.25, 0.3) is 0 Å². The highest BCUT2D eigenvalue weighted by Crippen LogP contribution is 2.24. The van der Waals surface area contributed by atoms with E-state index in [9.17, 15) is 4.79 Å². The average molecular weight is 261 g/mol. The maximum Gasteiger partial charge on any atom is 0.251 e. The Morgan fingerprint density at radius 3 is 2.84 bits per heavy atom. The van der Waals surface area contributed by atoms with Crippen LogP contribution in [0.4, 0.5) is 0 Å². The number of amides is 1. The minimum atomic E-state index is 0.0115. The van der Waals surface area contributed by atoms with Gasteiger partial charge in [0.15, 0.2) is 0 Å². The summed E-state index contributed by atoms with van der Waals surface area (Å²) in [7, 11) is 1.63. The van der Waals surface area contributed by atoms with Crippen LogP contribution in [0.5, 0.6) is 5.75 Å². The van der Waals surface area contributed by atoms with E-state index in [1.807, 2.05) is 25.1 Å². The largest absolute Gasteiger partial charge is 0.496 e. The summed E-state index contributed by atoms with van der Waals surface area (Å²) < 4.78 is 5.26. The normalized spacial score (nSPS) is 22.9. The zero-order chi connectivity index (χ0) is 13.8. The third-order valence-corrected chi connectivity index (χ3v) is 3.94. The molecule has 104 valence electrons. The third kappa shape index (κ3) is 3.49. The molecule has 3 nitrogen and oxygen atoms in total. The van der Waals surface area contributed by atoms with Crippen molar-refractivity contribution in [1.82, 2.24) is 5.32 Å². The molecule has 1 aromatic rings. The van der Waals surface area contributed by atoms with Crippen molar-refractivity contribution in [3.63, 3.8) is 0 Å². The van der Waals surface area contributed by atoms with Gasteiger partial charge in [0, 0.05) is 11.6 Å². The maximum absolute atomic E-state index is 12.2. The van der Waals surface area contributed by atoms with Gasteiger partial charge in [0.25, 0.3) is 5.91 Å². The van der Waals surface area contributed by atoms with Crippen molar-refractivity contribution in [1.29, 1.82) is 0 Å². The van der Waals surface area contributed by atoms with Crippen LogP contribution in [0.2, 0.25) is 0 Å². The number of hydrogen-bond donors (Lipinski definition) is 1. The second-order valence-corrected chi connectivity index (χ2v) is 5.63.